The lowest BCUT2D eigenvalue weighted by molar-refractivity contribution is 0.100. The summed E-state index contributed by atoms with van der Waals surface area (Å²) in [6.45, 7) is 0. The van der Waals surface area contributed by atoms with Gasteiger partial charge in [0.1, 0.15) is 0 Å². The molecule has 1 aliphatic rings. The van der Waals surface area contributed by atoms with E-state index in [1.54, 1.807) is 6.07 Å². The zero-order valence-corrected chi connectivity index (χ0v) is 10.6. The molecule has 1 amide bonds. The van der Waals surface area contributed by atoms with Crippen molar-refractivity contribution in [3.63, 3.8) is 0 Å². The third-order valence-corrected chi connectivity index (χ3v) is 5.72. The standard InChI is InChI=1S/C12H11NO2S2/c13-12(14)11-6-7-5-9(3-4-10(7)16-11)17(15)8-1-2-8/h3-6,8H,1-2H2,(H2,13,14). The van der Waals surface area contributed by atoms with Gasteiger partial charge in [-0.25, -0.2) is 0 Å². The van der Waals surface area contributed by atoms with E-state index in [1.807, 2.05) is 18.2 Å². The van der Waals surface area contributed by atoms with Crippen LogP contribution in [0.5, 0.6) is 0 Å². The molecule has 5 heteroatoms. The van der Waals surface area contributed by atoms with Crippen molar-refractivity contribution in [2.24, 2.45) is 5.73 Å². The number of benzene rings is 1. The van der Waals surface area contributed by atoms with Crippen molar-refractivity contribution >= 4 is 38.1 Å². The molecular formula is C12H11NO2S2. The predicted octanol–water partition coefficient (Wildman–Crippen LogP) is 2.27. The molecule has 1 aromatic carbocycles. The van der Waals surface area contributed by atoms with E-state index in [0.29, 0.717) is 10.1 Å². The monoisotopic (exact) mass is 265 g/mol. The third-order valence-electron chi connectivity index (χ3n) is 2.79. The second-order valence-electron chi connectivity index (χ2n) is 4.17. The number of primary amides is 1. The van der Waals surface area contributed by atoms with Crippen LogP contribution in [-0.4, -0.2) is 15.4 Å². The van der Waals surface area contributed by atoms with Gasteiger partial charge in [0.15, 0.2) is 0 Å². The molecule has 0 aliphatic heterocycles. The van der Waals surface area contributed by atoms with Crippen LogP contribution in [0.25, 0.3) is 10.1 Å². The summed E-state index contributed by atoms with van der Waals surface area (Å²) in [5, 5.41) is 1.29. The van der Waals surface area contributed by atoms with Gasteiger partial charge in [0.05, 0.1) is 15.7 Å². The van der Waals surface area contributed by atoms with E-state index in [2.05, 4.69) is 0 Å². The van der Waals surface area contributed by atoms with Gasteiger partial charge < -0.3 is 5.73 Å². The minimum absolute atomic E-state index is 0.335. The van der Waals surface area contributed by atoms with Crippen molar-refractivity contribution in [3.05, 3.63) is 29.1 Å². The van der Waals surface area contributed by atoms with Gasteiger partial charge in [-0.05, 0) is 42.5 Å². The Morgan fingerprint density at radius 1 is 1.35 bits per heavy atom. The smallest absolute Gasteiger partial charge is 0.258 e. The third kappa shape index (κ3) is 2.00. The lowest BCUT2D eigenvalue weighted by atomic mass is 10.2. The van der Waals surface area contributed by atoms with E-state index in [1.165, 1.54) is 11.3 Å². The van der Waals surface area contributed by atoms with Crippen LogP contribution in [0.1, 0.15) is 22.5 Å². The molecule has 1 aliphatic carbocycles. The summed E-state index contributed by atoms with van der Waals surface area (Å²) in [4.78, 5) is 12.5. The van der Waals surface area contributed by atoms with Gasteiger partial charge in [0.25, 0.3) is 5.91 Å². The number of carbonyl (C=O) groups excluding carboxylic acids is 1. The first-order valence-corrected chi connectivity index (χ1v) is 7.42. The highest BCUT2D eigenvalue weighted by Gasteiger charge is 2.29. The molecule has 1 aromatic heterocycles. The van der Waals surface area contributed by atoms with Crippen LogP contribution in [0.15, 0.2) is 29.2 Å². The molecule has 17 heavy (non-hydrogen) atoms. The summed E-state index contributed by atoms with van der Waals surface area (Å²) in [7, 11) is -0.893. The van der Waals surface area contributed by atoms with Crippen molar-refractivity contribution < 1.29 is 9.00 Å². The summed E-state index contributed by atoms with van der Waals surface area (Å²) in [6.07, 6.45) is 2.11. The fraction of sp³-hybridized carbons (Fsp3) is 0.250. The van der Waals surface area contributed by atoms with Gasteiger partial charge in [0, 0.05) is 14.8 Å². The highest BCUT2D eigenvalue weighted by molar-refractivity contribution is 7.86. The molecule has 1 unspecified atom stereocenters. The van der Waals surface area contributed by atoms with Crippen LogP contribution in [0.2, 0.25) is 0 Å². The molecule has 1 fully saturated rings. The molecule has 1 atom stereocenters. The van der Waals surface area contributed by atoms with Gasteiger partial charge in [-0.2, -0.15) is 0 Å². The van der Waals surface area contributed by atoms with Crippen LogP contribution in [-0.2, 0) is 10.8 Å². The number of hydrogen-bond donors (Lipinski definition) is 1. The fourth-order valence-electron chi connectivity index (χ4n) is 1.74. The van der Waals surface area contributed by atoms with Gasteiger partial charge in [0.2, 0.25) is 0 Å². The van der Waals surface area contributed by atoms with Gasteiger partial charge in [-0.15, -0.1) is 11.3 Å². The maximum atomic E-state index is 12.0. The molecule has 2 N–H and O–H groups in total. The van der Waals surface area contributed by atoms with E-state index >= 15 is 0 Å². The van der Waals surface area contributed by atoms with Crippen molar-refractivity contribution in [3.8, 4) is 0 Å². The number of carbonyl (C=O) groups is 1. The Balaban J connectivity index is 2.05. The van der Waals surface area contributed by atoms with Crippen LogP contribution in [0.4, 0.5) is 0 Å². The normalized spacial score (nSPS) is 17.2. The van der Waals surface area contributed by atoms with E-state index in [9.17, 15) is 9.00 Å². The number of thiophene rings is 1. The number of nitrogens with two attached hydrogens (primary N) is 1. The summed E-state index contributed by atoms with van der Waals surface area (Å²) in [6, 6.07) is 7.49. The Morgan fingerprint density at radius 2 is 2.12 bits per heavy atom. The minimum Gasteiger partial charge on any atom is -0.365 e. The number of amides is 1. The molecule has 0 radical (unpaired) electrons. The molecule has 0 saturated heterocycles. The van der Waals surface area contributed by atoms with E-state index < -0.39 is 16.7 Å². The second-order valence-corrected chi connectivity index (χ2v) is 6.99. The lowest BCUT2D eigenvalue weighted by Crippen LogP contribution is -2.07. The molecular weight excluding hydrogens is 254 g/mol. The summed E-state index contributed by atoms with van der Waals surface area (Å²) in [5.74, 6) is -0.406. The SMILES string of the molecule is NC(=O)c1cc2cc(S(=O)C3CC3)ccc2s1. The van der Waals surface area contributed by atoms with E-state index in [0.717, 1.165) is 27.8 Å². The van der Waals surface area contributed by atoms with Crippen molar-refractivity contribution in [2.75, 3.05) is 0 Å². The lowest BCUT2D eigenvalue weighted by Gasteiger charge is -1.99. The molecule has 1 saturated carbocycles. The zero-order chi connectivity index (χ0) is 12.0. The van der Waals surface area contributed by atoms with Crippen molar-refractivity contribution in [1.82, 2.24) is 0 Å². The Kier molecular flexibility index (Phi) is 2.52. The molecule has 1 heterocycles. The average molecular weight is 265 g/mol. The molecule has 3 rings (SSSR count). The first-order chi connectivity index (χ1) is 8.15. The number of rotatable bonds is 3. The maximum absolute atomic E-state index is 12.0. The first-order valence-electron chi connectivity index (χ1n) is 5.39. The molecule has 3 nitrogen and oxygen atoms in total. The van der Waals surface area contributed by atoms with Crippen LogP contribution in [0, 0.1) is 0 Å². The fourth-order valence-corrected chi connectivity index (χ4v) is 4.03. The summed E-state index contributed by atoms with van der Waals surface area (Å²) >= 11 is 1.38. The van der Waals surface area contributed by atoms with Crippen LogP contribution < -0.4 is 5.73 Å². The summed E-state index contributed by atoms with van der Waals surface area (Å²) in [5.41, 5.74) is 5.25. The summed E-state index contributed by atoms with van der Waals surface area (Å²) < 4.78 is 13.0. The highest BCUT2D eigenvalue weighted by Crippen LogP contribution is 2.33. The van der Waals surface area contributed by atoms with Gasteiger partial charge >= 0.3 is 0 Å². The van der Waals surface area contributed by atoms with Crippen molar-refractivity contribution in [2.45, 2.75) is 23.0 Å². The minimum atomic E-state index is -0.893. The maximum Gasteiger partial charge on any atom is 0.258 e. The highest BCUT2D eigenvalue weighted by atomic mass is 32.2. The van der Waals surface area contributed by atoms with Gasteiger partial charge in [-0.1, -0.05) is 0 Å². The molecule has 88 valence electrons. The van der Waals surface area contributed by atoms with E-state index in [-0.39, 0.29) is 0 Å². The topological polar surface area (TPSA) is 60.2 Å². The quantitative estimate of drug-likeness (QED) is 0.925. The van der Waals surface area contributed by atoms with E-state index in [4.69, 9.17) is 5.73 Å². The van der Waals surface area contributed by atoms with Crippen molar-refractivity contribution in [1.29, 1.82) is 0 Å². The average Bonchev–Trinajstić information content (AvgIpc) is 3.06. The largest absolute Gasteiger partial charge is 0.365 e. The Hall–Kier alpha value is -1.20. The molecule has 2 aromatic rings. The van der Waals surface area contributed by atoms with Gasteiger partial charge in [-0.3, -0.25) is 9.00 Å². The predicted molar refractivity (Wildman–Crippen MR) is 69.8 cm³/mol. The number of fused-ring (bicyclic) bond motifs is 1. The van der Waals surface area contributed by atoms with Crippen LogP contribution >= 0.6 is 11.3 Å². The molecule has 0 bridgehead atoms. The number of hydrogen-bond acceptors (Lipinski definition) is 3. The van der Waals surface area contributed by atoms with Crippen LogP contribution in [0.3, 0.4) is 0 Å². The molecule has 0 spiro atoms. The Morgan fingerprint density at radius 3 is 2.76 bits per heavy atom. The second kappa shape index (κ2) is 3.92. The first kappa shape index (κ1) is 10.9. The Bertz CT molecular complexity index is 628. The zero-order valence-electron chi connectivity index (χ0n) is 9.01. The Labute approximate surface area is 105 Å².